The van der Waals surface area contributed by atoms with Gasteiger partial charge in [0.15, 0.2) is 9.84 Å². The summed E-state index contributed by atoms with van der Waals surface area (Å²) in [5, 5.41) is 9.11. The molecule has 0 radical (unpaired) electrons. The number of carbonyl (C=O) groups is 1. The zero-order chi connectivity index (χ0) is 12.3. The van der Waals surface area contributed by atoms with Gasteiger partial charge in [0.2, 0.25) is 0 Å². The second kappa shape index (κ2) is 5.14. The minimum absolute atomic E-state index is 0.0699. The van der Waals surface area contributed by atoms with Gasteiger partial charge in [0.1, 0.15) is 6.04 Å². The van der Waals surface area contributed by atoms with Gasteiger partial charge in [0, 0.05) is 12.6 Å². The predicted octanol–water partition coefficient (Wildman–Crippen LogP) is 0.359. The largest absolute Gasteiger partial charge is 0.480 e. The van der Waals surface area contributed by atoms with Crippen molar-refractivity contribution >= 4 is 15.8 Å². The lowest BCUT2D eigenvalue weighted by Gasteiger charge is -2.37. The molecule has 16 heavy (non-hydrogen) atoms. The standard InChI is InChI=1S/C10H19NO4S/c1-3-4-9(10(12)13)11-5-6-16(14,15)7-8(11)2/h8-9H,3-7H2,1-2H3,(H,12,13). The first-order valence-electron chi connectivity index (χ1n) is 5.56. The van der Waals surface area contributed by atoms with Crippen LogP contribution in [0.25, 0.3) is 0 Å². The van der Waals surface area contributed by atoms with E-state index in [0.29, 0.717) is 13.0 Å². The summed E-state index contributed by atoms with van der Waals surface area (Å²) in [4.78, 5) is 12.9. The minimum Gasteiger partial charge on any atom is -0.480 e. The van der Waals surface area contributed by atoms with Crippen molar-refractivity contribution in [3.8, 4) is 0 Å². The molecule has 6 heteroatoms. The third-order valence-electron chi connectivity index (χ3n) is 2.97. The molecule has 1 rings (SSSR count). The summed E-state index contributed by atoms with van der Waals surface area (Å²) in [7, 11) is -2.97. The molecule has 1 saturated heterocycles. The van der Waals surface area contributed by atoms with E-state index < -0.39 is 21.8 Å². The normalized spacial score (nSPS) is 27.5. The van der Waals surface area contributed by atoms with Crippen molar-refractivity contribution in [3.05, 3.63) is 0 Å². The molecule has 0 saturated carbocycles. The molecular formula is C10H19NO4S. The number of aliphatic carboxylic acids is 1. The lowest BCUT2D eigenvalue weighted by molar-refractivity contribution is -0.144. The van der Waals surface area contributed by atoms with Crippen LogP contribution in [0.4, 0.5) is 0 Å². The third-order valence-corrected chi connectivity index (χ3v) is 4.76. The molecule has 0 bridgehead atoms. The fraction of sp³-hybridized carbons (Fsp3) is 0.900. The maximum atomic E-state index is 11.4. The van der Waals surface area contributed by atoms with Crippen LogP contribution in [-0.2, 0) is 14.6 Å². The van der Waals surface area contributed by atoms with Crippen LogP contribution in [0.2, 0.25) is 0 Å². The second-order valence-corrected chi connectivity index (χ2v) is 6.57. The van der Waals surface area contributed by atoms with Crippen LogP contribution in [0.15, 0.2) is 0 Å². The summed E-state index contributed by atoms with van der Waals surface area (Å²) >= 11 is 0. The Labute approximate surface area is 96.4 Å². The monoisotopic (exact) mass is 249 g/mol. The number of hydrogen-bond acceptors (Lipinski definition) is 4. The summed E-state index contributed by atoms with van der Waals surface area (Å²) < 4.78 is 22.8. The zero-order valence-electron chi connectivity index (χ0n) is 9.72. The summed E-state index contributed by atoms with van der Waals surface area (Å²) in [5.41, 5.74) is 0. The van der Waals surface area contributed by atoms with Crippen molar-refractivity contribution in [2.75, 3.05) is 18.1 Å². The Hall–Kier alpha value is -0.620. The predicted molar refractivity (Wildman–Crippen MR) is 61.2 cm³/mol. The lowest BCUT2D eigenvalue weighted by Crippen LogP contribution is -2.54. The molecule has 94 valence electrons. The summed E-state index contributed by atoms with van der Waals surface area (Å²) in [5.74, 6) is -0.710. The van der Waals surface area contributed by atoms with Crippen molar-refractivity contribution < 1.29 is 18.3 Å². The van der Waals surface area contributed by atoms with Gasteiger partial charge in [-0.05, 0) is 13.3 Å². The summed E-state index contributed by atoms with van der Waals surface area (Å²) in [6, 6.07) is -0.748. The molecule has 0 aromatic heterocycles. The van der Waals surface area contributed by atoms with Crippen LogP contribution in [-0.4, -0.2) is 54.5 Å². The van der Waals surface area contributed by atoms with E-state index >= 15 is 0 Å². The molecule has 2 unspecified atom stereocenters. The van der Waals surface area contributed by atoms with Crippen LogP contribution in [0.1, 0.15) is 26.7 Å². The fourth-order valence-electron chi connectivity index (χ4n) is 2.18. The number of carboxylic acids is 1. The van der Waals surface area contributed by atoms with Crippen LogP contribution < -0.4 is 0 Å². The topological polar surface area (TPSA) is 74.7 Å². The Morgan fingerprint density at radius 3 is 2.62 bits per heavy atom. The van der Waals surface area contributed by atoms with E-state index in [1.165, 1.54) is 0 Å². The minimum atomic E-state index is -2.97. The summed E-state index contributed by atoms with van der Waals surface area (Å²) in [6.07, 6.45) is 1.35. The first kappa shape index (κ1) is 13.4. The highest BCUT2D eigenvalue weighted by molar-refractivity contribution is 7.91. The van der Waals surface area contributed by atoms with Gasteiger partial charge in [0.25, 0.3) is 0 Å². The molecule has 1 aliphatic heterocycles. The maximum Gasteiger partial charge on any atom is 0.320 e. The van der Waals surface area contributed by atoms with Crippen molar-refractivity contribution in [1.82, 2.24) is 4.90 Å². The Balaban J connectivity index is 2.76. The highest BCUT2D eigenvalue weighted by atomic mass is 32.2. The third kappa shape index (κ3) is 3.18. The first-order chi connectivity index (χ1) is 7.37. The van der Waals surface area contributed by atoms with E-state index in [-0.39, 0.29) is 17.5 Å². The molecule has 0 aromatic carbocycles. The molecule has 0 spiro atoms. The SMILES string of the molecule is CCCC(C(=O)O)N1CCS(=O)(=O)CC1C. The van der Waals surface area contributed by atoms with Crippen molar-refractivity contribution in [1.29, 1.82) is 0 Å². The van der Waals surface area contributed by atoms with E-state index in [0.717, 1.165) is 6.42 Å². The van der Waals surface area contributed by atoms with E-state index in [9.17, 15) is 13.2 Å². The number of sulfone groups is 1. The molecule has 1 heterocycles. The average Bonchev–Trinajstić information content (AvgIpc) is 2.13. The Kier molecular flexibility index (Phi) is 4.32. The van der Waals surface area contributed by atoms with Crippen molar-refractivity contribution in [2.24, 2.45) is 0 Å². The quantitative estimate of drug-likeness (QED) is 0.778. The average molecular weight is 249 g/mol. The van der Waals surface area contributed by atoms with Gasteiger partial charge in [-0.15, -0.1) is 0 Å². The zero-order valence-corrected chi connectivity index (χ0v) is 10.5. The highest BCUT2D eigenvalue weighted by Gasteiger charge is 2.35. The summed E-state index contributed by atoms with van der Waals surface area (Å²) in [6.45, 7) is 4.05. The van der Waals surface area contributed by atoms with Gasteiger partial charge in [-0.2, -0.15) is 0 Å². The number of nitrogens with zero attached hydrogens (tertiary/aromatic N) is 1. The molecule has 5 nitrogen and oxygen atoms in total. The number of rotatable bonds is 4. The van der Waals surface area contributed by atoms with Gasteiger partial charge < -0.3 is 5.11 Å². The van der Waals surface area contributed by atoms with Crippen LogP contribution >= 0.6 is 0 Å². The van der Waals surface area contributed by atoms with E-state index in [4.69, 9.17) is 5.11 Å². The Morgan fingerprint density at radius 1 is 1.56 bits per heavy atom. The van der Waals surface area contributed by atoms with E-state index in [1.807, 2.05) is 6.92 Å². The lowest BCUT2D eigenvalue weighted by atomic mass is 10.1. The first-order valence-corrected chi connectivity index (χ1v) is 7.38. The van der Waals surface area contributed by atoms with Gasteiger partial charge in [-0.3, -0.25) is 9.69 Å². The maximum absolute atomic E-state index is 11.4. The Morgan fingerprint density at radius 2 is 2.19 bits per heavy atom. The van der Waals surface area contributed by atoms with Gasteiger partial charge >= 0.3 is 5.97 Å². The van der Waals surface area contributed by atoms with Crippen molar-refractivity contribution in [3.63, 3.8) is 0 Å². The molecule has 0 amide bonds. The molecule has 0 aliphatic carbocycles. The molecule has 1 aliphatic rings. The molecular weight excluding hydrogens is 230 g/mol. The van der Waals surface area contributed by atoms with Crippen LogP contribution in [0.5, 0.6) is 0 Å². The van der Waals surface area contributed by atoms with Crippen LogP contribution in [0.3, 0.4) is 0 Å². The van der Waals surface area contributed by atoms with Crippen LogP contribution in [0, 0.1) is 0 Å². The molecule has 1 fully saturated rings. The van der Waals surface area contributed by atoms with E-state index in [2.05, 4.69) is 0 Å². The van der Waals surface area contributed by atoms with Gasteiger partial charge in [-0.1, -0.05) is 13.3 Å². The van der Waals surface area contributed by atoms with Gasteiger partial charge in [-0.25, -0.2) is 8.42 Å². The number of carboxylic acid groups (broad SMARTS) is 1. The van der Waals surface area contributed by atoms with Gasteiger partial charge in [0.05, 0.1) is 11.5 Å². The molecule has 0 aromatic rings. The second-order valence-electron chi connectivity index (χ2n) is 4.34. The Bertz CT molecular complexity index is 352. The molecule has 1 N–H and O–H groups in total. The molecule has 2 atom stereocenters. The number of hydrogen-bond donors (Lipinski definition) is 1. The smallest absolute Gasteiger partial charge is 0.320 e. The van der Waals surface area contributed by atoms with Crippen molar-refractivity contribution in [2.45, 2.75) is 38.8 Å². The fourth-order valence-corrected chi connectivity index (χ4v) is 3.76. The van der Waals surface area contributed by atoms with E-state index in [1.54, 1.807) is 11.8 Å². The highest BCUT2D eigenvalue weighted by Crippen LogP contribution is 2.17.